The Bertz CT molecular complexity index is 828. The Hall–Kier alpha value is -2.94. The Morgan fingerprint density at radius 1 is 1.38 bits per heavy atom. The average molecular weight is 405 g/mol. The van der Waals surface area contributed by atoms with Crippen LogP contribution in [0.4, 0.5) is 14.9 Å². The van der Waals surface area contributed by atoms with Gasteiger partial charge in [-0.2, -0.15) is 0 Å². The van der Waals surface area contributed by atoms with Gasteiger partial charge in [0.25, 0.3) is 5.91 Å². The molecule has 1 aromatic rings. The van der Waals surface area contributed by atoms with Crippen molar-refractivity contribution in [3.8, 4) is 0 Å². The summed E-state index contributed by atoms with van der Waals surface area (Å²) in [5.41, 5.74) is 0.863. The van der Waals surface area contributed by atoms with Gasteiger partial charge in [-0.25, -0.2) is 9.18 Å². The highest BCUT2D eigenvalue weighted by atomic mass is 19.1. The van der Waals surface area contributed by atoms with Crippen LogP contribution in [0.25, 0.3) is 0 Å². The van der Waals surface area contributed by atoms with E-state index in [1.165, 1.54) is 22.8 Å². The van der Waals surface area contributed by atoms with Crippen LogP contribution in [0.3, 0.4) is 0 Å². The van der Waals surface area contributed by atoms with E-state index in [0.29, 0.717) is 30.6 Å². The summed E-state index contributed by atoms with van der Waals surface area (Å²) < 4.78 is 20.0. The lowest BCUT2D eigenvalue weighted by atomic mass is 9.94. The lowest BCUT2D eigenvalue weighted by Crippen LogP contribution is -2.33. The van der Waals surface area contributed by atoms with E-state index in [0.717, 1.165) is 0 Å². The number of carbonyl (C=O) groups is 3. The molecule has 0 spiro atoms. The van der Waals surface area contributed by atoms with E-state index in [9.17, 15) is 18.8 Å². The molecule has 2 N–H and O–H groups in total. The van der Waals surface area contributed by atoms with Crippen molar-refractivity contribution in [2.75, 3.05) is 31.1 Å². The molecule has 1 saturated heterocycles. The van der Waals surface area contributed by atoms with Crippen LogP contribution in [0.15, 0.2) is 30.5 Å². The number of carbonyl (C=O) groups excluding carboxylic acids is 3. The predicted molar refractivity (Wildman–Crippen MR) is 103 cm³/mol. The van der Waals surface area contributed by atoms with Gasteiger partial charge in [0.2, 0.25) is 5.91 Å². The first kappa shape index (κ1) is 20.8. The zero-order chi connectivity index (χ0) is 21.0. The first-order chi connectivity index (χ1) is 13.9. The number of aliphatic hydroxyl groups is 1. The molecule has 29 heavy (non-hydrogen) atoms. The molecule has 0 aliphatic carbocycles. The fraction of sp³-hybridized carbons (Fsp3) is 0.450. The topological polar surface area (TPSA) is 99.2 Å². The van der Waals surface area contributed by atoms with Crippen LogP contribution < -0.4 is 10.2 Å². The normalized spacial score (nSPS) is 21.7. The molecule has 1 fully saturated rings. The van der Waals surface area contributed by atoms with Gasteiger partial charge in [-0.05, 0) is 30.5 Å². The number of allylic oxidation sites excluding steroid dienone is 1. The van der Waals surface area contributed by atoms with Crippen LogP contribution in [0.1, 0.15) is 31.2 Å². The van der Waals surface area contributed by atoms with Crippen molar-refractivity contribution in [3.63, 3.8) is 0 Å². The highest BCUT2D eigenvalue weighted by molar-refractivity contribution is 5.89. The molecule has 9 heteroatoms. The molecule has 0 unspecified atom stereocenters. The number of amides is 3. The molecule has 0 radical (unpaired) electrons. The first-order valence-corrected chi connectivity index (χ1v) is 9.49. The van der Waals surface area contributed by atoms with E-state index in [-0.39, 0.29) is 30.8 Å². The standard InChI is InChI=1S/C20H24FN3O5/c1-13(26)22-10-16-11-24(20(28)29-16)15-4-5-17(18(21)9-15)14-3-2-7-23(8-6-14)19(27)12-25/h4-6,8-9,14,16,25H,2-3,7,10-12H2,1H3,(H,22,26)/t14-,16-/m0/s1. The van der Waals surface area contributed by atoms with Crippen LogP contribution in [-0.2, 0) is 14.3 Å². The predicted octanol–water partition coefficient (Wildman–Crippen LogP) is 1.50. The van der Waals surface area contributed by atoms with Gasteiger partial charge in [-0.1, -0.05) is 12.1 Å². The maximum absolute atomic E-state index is 14.8. The molecule has 2 aliphatic rings. The van der Waals surface area contributed by atoms with Crippen LogP contribution in [-0.4, -0.2) is 60.3 Å². The van der Waals surface area contributed by atoms with Crippen molar-refractivity contribution in [1.29, 1.82) is 0 Å². The van der Waals surface area contributed by atoms with Gasteiger partial charge in [0, 0.05) is 25.6 Å². The molecule has 8 nitrogen and oxygen atoms in total. The first-order valence-electron chi connectivity index (χ1n) is 9.49. The molecule has 2 aliphatic heterocycles. The molecule has 0 bridgehead atoms. The van der Waals surface area contributed by atoms with Crippen molar-refractivity contribution in [1.82, 2.24) is 10.2 Å². The maximum atomic E-state index is 14.8. The smallest absolute Gasteiger partial charge is 0.414 e. The zero-order valence-electron chi connectivity index (χ0n) is 16.1. The van der Waals surface area contributed by atoms with Crippen LogP contribution in [0.2, 0.25) is 0 Å². The number of halogens is 1. The average Bonchev–Trinajstić information content (AvgIpc) is 2.90. The van der Waals surface area contributed by atoms with Gasteiger partial charge in [0.05, 0.1) is 18.8 Å². The Morgan fingerprint density at radius 3 is 2.86 bits per heavy atom. The van der Waals surface area contributed by atoms with Gasteiger partial charge in [0.1, 0.15) is 18.5 Å². The van der Waals surface area contributed by atoms with Gasteiger partial charge in [-0.15, -0.1) is 0 Å². The highest BCUT2D eigenvalue weighted by Gasteiger charge is 2.33. The number of anilines is 1. The number of nitrogens with zero attached hydrogens (tertiary/aromatic N) is 2. The Kier molecular flexibility index (Phi) is 6.48. The second-order valence-corrected chi connectivity index (χ2v) is 7.09. The second kappa shape index (κ2) is 9.04. The van der Waals surface area contributed by atoms with E-state index in [1.54, 1.807) is 24.4 Å². The lowest BCUT2D eigenvalue weighted by Gasteiger charge is -2.17. The quantitative estimate of drug-likeness (QED) is 0.774. The summed E-state index contributed by atoms with van der Waals surface area (Å²) in [6.45, 7) is 1.71. The van der Waals surface area contributed by atoms with Gasteiger partial charge >= 0.3 is 6.09 Å². The van der Waals surface area contributed by atoms with E-state index in [2.05, 4.69) is 5.32 Å². The van der Waals surface area contributed by atoms with Gasteiger partial charge < -0.3 is 20.1 Å². The van der Waals surface area contributed by atoms with Gasteiger partial charge in [-0.3, -0.25) is 14.5 Å². The number of ether oxygens (including phenoxy) is 1. The minimum Gasteiger partial charge on any atom is -0.442 e. The fourth-order valence-corrected chi connectivity index (χ4v) is 3.50. The largest absolute Gasteiger partial charge is 0.442 e. The van der Waals surface area contributed by atoms with E-state index >= 15 is 0 Å². The van der Waals surface area contributed by atoms with Crippen molar-refractivity contribution in [3.05, 3.63) is 41.9 Å². The number of hydrogen-bond acceptors (Lipinski definition) is 5. The number of benzene rings is 1. The van der Waals surface area contributed by atoms with E-state index in [1.807, 2.05) is 0 Å². The summed E-state index contributed by atoms with van der Waals surface area (Å²) >= 11 is 0. The minimum atomic E-state index is -0.583. The molecule has 2 heterocycles. The van der Waals surface area contributed by atoms with Crippen molar-refractivity contribution in [2.24, 2.45) is 0 Å². The Morgan fingerprint density at radius 2 is 2.17 bits per heavy atom. The highest BCUT2D eigenvalue weighted by Crippen LogP contribution is 2.31. The molecule has 156 valence electrons. The summed E-state index contributed by atoms with van der Waals surface area (Å²) in [6, 6.07) is 4.60. The van der Waals surface area contributed by atoms with E-state index < -0.39 is 24.6 Å². The molecule has 0 saturated carbocycles. The third-order valence-corrected chi connectivity index (χ3v) is 5.02. The molecular weight excluding hydrogens is 381 g/mol. The summed E-state index contributed by atoms with van der Waals surface area (Å²) in [6.07, 6.45) is 3.61. The number of nitrogens with one attached hydrogen (secondary N) is 1. The van der Waals surface area contributed by atoms with Crippen molar-refractivity contribution < 1.29 is 28.6 Å². The van der Waals surface area contributed by atoms with Crippen molar-refractivity contribution >= 4 is 23.6 Å². The lowest BCUT2D eigenvalue weighted by molar-refractivity contribution is -0.131. The summed E-state index contributed by atoms with van der Waals surface area (Å²) in [4.78, 5) is 37.5. The van der Waals surface area contributed by atoms with Crippen LogP contribution in [0, 0.1) is 5.82 Å². The molecule has 1 aromatic carbocycles. The molecule has 0 aromatic heterocycles. The van der Waals surface area contributed by atoms with Gasteiger partial charge in [0.15, 0.2) is 0 Å². The number of rotatable bonds is 5. The Labute approximate surface area is 167 Å². The third kappa shape index (κ3) is 4.92. The van der Waals surface area contributed by atoms with Crippen LogP contribution >= 0.6 is 0 Å². The molecular formula is C20H24FN3O5. The minimum absolute atomic E-state index is 0.202. The summed E-state index contributed by atoms with van der Waals surface area (Å²) in [5, 5.41) is 11.6. The summed E-state index contributed by atoms with van der Waals surface area (Å²) in [7, 11) is 0. The molecule has 2 atom stereocenters. The Balaban J connectivity index is 1.71. The zero-order valence-corrected chi connectivity index (χ0v) is 16.1. The fourth-order valence-electron chi connectivity index (χ4n) is 3.50. The monoisotopic (exact) mass is 405 g/mol. The van der Waals surface area contributed by atoms with Crippen molar-refractivity contribution in [2.45, 2.75) is 31.8 Å². The molecule has 3 amide bonds. The SMILES string of the molecule is CC(=O)NC[C@H]1CN(c2ccc([C@@H]3C=CN(C(=O)CO)CCC3)c(F)c2)C(=O)O1. The number of cyclic esters (lactones) is 1. The number of hydrogen-bond donors (Lipinski definition) is 2. The van der Waals surface area contributed by atoms with E-state index in [4.69, 9.17) is 9.84 Å². The molecule has 3 rings (SSSR count). The summed E-state index contributed by atoms with van der Waals surface area (Å²) in [5.74, 6) is -1.26. The third-order valence-electron chi connectivity index (χ3n) is 5.02. The number of aliphatic hydroxyl groups excluding tert-OH is 1. The maximum Gasteiger partial charge on any atom is 0.414 e. The second-order valence-electron chi connectivity index (χ2n) is 7.09. The van der Waals surface area contributed by atoms with Crippen LogP contribution in [0.5, 0.6) is 0 Å².